The largest absolute Gasteiger partial charge is 0.462 e. The number of benzene rings is 2. The summed E-state index contributed by atoms with van der Waals surface area (Å²) in [7, 11) is 0. The van der Waals surface area contributed by atoms with Crippen LogP contribution < -0.4 is 0 Å². The maximum atomic E-state index is 5.74. The summed E-state index contributed by atoms with van der Waals surface area (Å²) in [4.78, 5) is 10.4. The van der Waals surface area contributed by atoms with Crippen LogP contribution in [0.15, 0.2) is 83.7 Å². The molecule has 0 bridgehead atoms. The Morgan fingerprint density at radius 1 is 0.844 bits per heavy atom. The van der Waals surface area contributed by atoms with Gasteiger partial charge in [-0.05, 0) is 52.1 Å². The highest BCUT2D eigenvalue weighted by molar-refractivity contribution is 7.22. The van der Waals surface area contributed by atoms with Crippen molar-refractivity contribution < 1.29 is 4.42 Å². The van der Waals surface area contributed by atoms with Crippen LogP contribution >= 0.6 is 11.3 Å². The molecule has 6 aromatic rings. The van der Waals surface area contributed by atoms with Gasteiger partial charge < -0.3 is 4.42 Å². The summed E-state index contributed by atoms with van der Waals surface area (Å²) in [5.41, 5.74) is 6.32. The van der Waals surface area contributed by atoms with Crippen molar-refractivity contribution in [2.45, 2.75) is 26.2 Å². The molecule has 4 heteroatoms. The first-order valence-electron chi connectivity index (χ1n) is 10.7. The van der Waals surface area contributed by atoms with E-state index in [4.69, 9.17) is 9.40 Å². The van der Waals surface area contributed by atoms with Crippen molar-refractivity contribution >= 4 is 43.3 Å². The van der Waals surface area contributed by atoms with Gasteiger partial charge in [0.15, 0.2) is 5.58 Å². The molecule has 32 heavy (non-hydrogen) atoms. The van der Waals surface area contributed by atoms with Gasteiger partial charge in [0.1, 0.15) is 5.52 Å². The second kappa shape index (κ2) is 7.01. The molecule has 0 amide bonds. The number of hydrogen-bond acceptors (Lipinski definition) is 4. The second-order valence-corrected chi connectivity index (χ2v) is 10.3. The van der Waals surface area contributed by atoms with Crippen LogP contribution in [0.4, 0.5) is 0 Å². The molecule has 0 aliphatic carbocycles. The minimum absolute atomic E-state index is 0.0330. The molecule has 6 rings (SSSR count). The van der Waals surface area contributed by atoms with Crippen LogP contribution in [0.5, 0.6) is 0 Å². The zero-order valence-corrected chi connectivity index (χ0v) is 19.0. The zero-order chi connectivity index (χ0) is 21.9. The number of aromatic nitrogens is 2. The van der Waals surface area contributed by atoms with Crippen LogP contribution in [0.3, 0.4) is 0 Å². The summed E-state index contributed by atoms with van der Waals surface area (Å²) < 4.78 is 6.96. The molecular formula is C28H22N2OS. The number of furan rings is 1. The molecule has 2 aromatic carbocycles. The van der Waals surface area contributed by atoms with Gasteiger partial charge in [0.25, 0.3) is 0 Å². The van der Waals surface area contributed by atoms with Crippen molar-refractivity contribution in [2.24, 2.45) is 0 Å². The molecule has 0 unspecified atom stereocenters. The van der Waals surface area contributed by atoms with Gasteiger partial charge in [-0.1, -0.05) is 45.0 Å². The van der Waals surface area contributed by atoms with Gasteiger partial charge in [0.05, 0.1) is 12.0 Å². The predicted octanol–water partition coefficient (Wildman–Crippen LogP) is 8.22. The van der Waals surface area contributed by atoms with Crippen LogP contribution in [-0.2, 0) is 5.41 Å². The van der Waals surface area contributed by atoms with Crippen molar-refractivity contribution in [3.05, 3.63) is 84.9 Å². The molecule has 0 N–H and O–H groups in total. The highest BCUT2D eigenvalue weighted by Crippen LogP contribution is 2.41. The van der Waals surface area contributed by atoms with Gasteiger partial charge in [0, 0.05) is 44.6 Å². The van der Waals surface area contributed by atoms with E-state index in [0.29, 0.717) is 0 Å². The number of hydrogen-bond donors (Lipinski definition) is 0. The highest BCUT2D eigenvalue weighted by Gasteiger charge is 2.20. The quantitative estimate of drug-likeness (QED) is 0.275. The zero-order valence-electron chi connectivity index (χ0n) is 18.2. The van der Waals surface area contributed by atoms with E-state index in [-0.39, 0.29) is 5.41 Å². The minimum atomic E-state index is 0.0330. The van der Waals surface area contributed by atoms with E-state index in [1.54, 1.807) is 17.6 Å². The summed E-state index contributed by atoms with van der Waals surface area (Å²) in [5, 5.41) is 3.72. The molecule has 156 valence electrons. The first-order valence-corrected chi connectivity index (χ1v) is 11.6. The van der Waals surface area contributed by atoms with Crippen molar-refractivity contribution in [1.29, 1.82) is 0 Å². The smallest absolute Gasteiger partial charge is 0.160 e. The topological polar surface area (TPSA) is 38.9 Å². The third kappa shape index (κ3) is 3.02. The van der Waals surface area contributed by atoms with Gasteiger partial charge >= 0.3 is 0 Å². The predicted molar refractivity (Wildman–Crippen MR) is 134 cm³/mol. The van der Waals surface area contributed by atoms with E-state index in [0.717, 1.165) is 32.8 Å². The normalized spacial score (nSPS) is 12.2. The molecule has 0 saturated heterocycles. The molecule has 3 nitrogen and oxygen atoms in total. The van der Waals surface area contributed by atoms with E-state index in [1.807, 2.05) is 24.5 Å². The number of nitrogens with zero attached hydrogens (tertiary/aromatic N) is 2. The third-order valence-corrected chi connectivity index (χ3v) is 7.13. The number of pyridine rings is 2. The fourth-order valence-electron chi connectivity index (χ4n) is 4.46. The molecule has 4 aromatic heterocycles. The Morgan fingerprint density at radius 3 is 2.56 bits per heavy atom. The van der Waals surface area contributed by atoms with Crippen LogP contribution in [0.2, 0.25) is 0 Å². The lowest BCUT2D eigenvalue weighted by Crippen LogP contribution is -2.12. The SMILES string of the molecule is CC(C)(C)c1cc(-c2nccc3sc(-c4ccnc5ccoc45)cc23)cc2ccccc12. The lowest BCUT2D eigenvalue weighted by molar-refractivity contribution is 0.596. The molecule has 4 heterocycles. The molecular weight excluding hydrogens is 412 g/mol. The van der Waals surface area contributed by atoms with Crippen molar-refractivity contribution in [3.63, 3.8) is 0 Å². The summed E-state index contributed by atoms with van der Waals surface area (Å²) in [6, 6.07) is 21.5. The van der Waals surface area contributed by atoms with E-state index >= 15 is 0 Å². The molecule has 0 saturated carbocycles. The van der Waals surface area contributed by atoms with E-state index in [1.165, 1.54) is 26.4 Å². The molecule has 0 spiro atoms. The van der Waals surface area contributed by atoms with Crippen molar-refractivity contribution in [3.8, 4) is 21.7 Å². The van der Waals surface area contributed by atoms with Crippen LogP contribution in [0, 0.1) is 0 Å². The van der Waals surface area contributed by atoms with Crippen LogP contribution in [0.1, 0.15) is 26.3 Å². The van der Waals surface area contributed by atoms with E-state index in [9.17, 15) is 0 Å². The third-order valence-electron chi connectivity index (χ3n) is 6.00. The lowest BCUT2D eigenvalue weighted by Gasteiger charge is -2.22. The summed E-state index contributed by atoms with van der Waals surface area (Å²) >= 11 is 1.76. The first kappa shape index (κ1) is 19.2. The Hall–Kier alpha value is -3.50. The summed E-state index contributed by atoms with van der Waals surface area (Å²) in [6.07, 6.45) is 5.46. The Bertz CT molecular complexity index is 1620. The monoisotopic (exact) mass is 434 g/mol. The summed E-state index contributed by atoms with van der Waals surface area (Å²) in [5.74, 6) is 0. The molecule has 0 radical (unpaired) electrons. The number of fused-ring (bicyclic) bond motifs is 3. The van der Waals surface area contributed by atoms with Gasteiger partial charge in [-0.2, -0.15) is 0 Å². The Balaban J connectivity index is 1.60. The molecule has 0 atom stereocenters. The van der Waals surface area contributed by atoms with E-state index in [2.05, 4.69) is 74.3 Å². The minimum Gasteiger partial charge on any atom is -0.462 e. The average Bonchev–Trinajstić information content (AvgIpc) is 3.44. The first-order chi connectivity index (χ1) is 15.5. The van der Waals surface area contributed by atoms with Gasteiger partial charge in [-0.3, -0.25) is 9.97 Å². The maximum Gasteiger partial charge on any atom is 0.160 e. The average molecular weight is 435 g/mol. The number of thiophene rings is 1. The van der Waals surface area contributed by atoms with Gasteiger partial charge in [-0.15, -0.1) is 11.3 Å². The lowest BCUT2D eigenvalue weighted by atomic mass is 9.82. The maximum absolute atomic E-state index is 5.74. The Kier molecular flexibility index (Phi) is 4.21. The Morgan fingerprint density at radius 2 is 1.69 bits per heavy atom. The molecule has 0 fully saturated rings. The highest BCUT2D eigenvalue weighted by atomic mass is 32.1. The molecule has 0 aliphatic heterocycles. The van der Waals surface area contributed by atoms with Crippen LogP contribution in [-0.4, -0.2) is 9.97 Å². The fraction of sp³-hybridized carbons (Fsp3) is 0.143. The fourth-order valence-corrected chi connectivity index (χ4v) is 5.54. The van der Waals surface area contributed by atoms with E-state index < -0.39 is 0 Å². The Labute approximate surface area is 190 Å². The van der Waals surface area contributed by atoms with Crippen molar-refractivity contribution in [2.75, 3.05) is 0 Å². The van der Waals surface area contributed by atoms with Crippen LogP contribution in [0.25, 0.3) is 53.7 Å². The van der Waals surface area contributed by atoms with Gasteiger partial charge in [0.2, 0.25) is 0 Å². The molecule has 0 aliphatic rings. The summed E-state index contributed by atoms with van der Waals surface area (Å²) in [6.45, 7) is 6.81. The van der Waals surface area contributed by atoms with Crippen molar-refractivity contribution in [1.82, 2.24) is 9.97 Å². The number of rotatable bonds is 2. The van der Waals surface area contributed by atoms with Gasteiger partial charge in [-0.25, -0.2) is 0 Å². The second-order valence-electron chi connectivity index (χ2n) is 9.17. The standard InChI is InChI=1S/C28H22N2OS/c1-28(2,3)22-15-18(14-17-6-4-5-7-19(17)22)26-21-16-25(32-24(21)9-12-30-26)20-8-11-29-23-10-13-31-27(20)23/h4-16H,1-3H3.